The lowest BCUT2D eigenvalue weighted by molar-refractivity contribution is -0.193. The van der Waals surface area contributed by atoms with Gasteiger partial charge in [-0.15, -0.1) is 0 Å². The second-order valence-electron chi connectivity index (χ2n) is 6.52. The van der Waals surface area contributed by atoms with Gasteiger partial charge in [0.25, 0.3) is 0 Å². The second kappa shape index (κ2) is 14.3. The summed E-state index contributed by atoms with van der Waals surface area (Å²) < 4.78 is 102. The van der Waals surface area contributed by atoms with Gasteiger partial charge in [-0.25, -0.2) is 19.4 Å². The molecule has 0 aliphatic carbocycles. The van der Waals surface area contributed by atoms with Crippen molar-refractivity contribution in [1.82, 2.24) is 4.98 Å². The number of aliphatic carboxylic acids is 3. The molecule has 1 unspecified atom stereocenters. The number of hydrogen-bond donors (Lipinski definition) is 5. The molecular formula is C19H15BrF9N3O7. The molecule has 2 heterocycles. The fraction of sp³-hybridized carbons (Fsp3) is 0.263. The molecule has 10 nitrogen and oxygen atoms in total. The predicted molar refractivity (Wildman–Crippen MR) is 116 cm³/mol. The topological polar surface area (TPSA) is 172 Å². The van der Waals surface area contributed by atoms with Crippen LogP contribution >= 0.6 is 15.9 Å². The van der Waals surface area contributed by atoms with Crippen LogP contribution in [0.15, 0.2) is 41.1 Å². The number of pyridine rings is 1. The van der Waals surface area contributed by atoms with Crippen molar-refractivity contribution in [3.63, 3.8) is 0 Å². The zero-order chi connectivity index (χ0) is 30.8. The van der Waals surface area contributed by atoms with Gasteiger partial charge in [0.2, 0.25) is 0 Å². The number of anilines is 2. The molecule has 1 aliphatic heterocycles. The minimum absolute atomic E-state index is 0.0466. The van der Waals surface area contributed by atoms with E-state index in [0.29, 0.717) is 12.3 Å². The minimum Gasteiger partial charge on any atom is -0.489 e. The lowest BCUT2D eigenvalue weighted by atomic mass is 10.1. The molecule has 2 aromatic rings. The molecule has 1 aliphatic rings. The number of hydrogen-bond acceptors (Lipinski definition) is 7. The molecule has 0 bridgehead atoms. The van der Waals surface area contributed by atoms with Gasteiger partial charge in [0.15, 0.2) is 0 Å². The maximum atomic E-state index is 10.6. The minimum atomic E-state index is -5.08. The monoisotopic (exact) mass is 647 g/mol. The zero-order valence-corrected chi connectivity index (χ0v) is 20.1. The number of carboxylic acids is 3. The van der Waals surface area contributed by atoms with Crippen LogP contribution in [0.2, 0.25) is 0 Å². The van der Waals surface area contributed by atoms with E-state index in [2.05, 4.69) is 26.2 Å². The van der Waals surface area contributed by atoms with Gasteiger partial charge in [-0.2, -0.15) is 39.5 Å². The fourth-order valence-corrected chi connectivity index (χ4v) is 2.56. The average molecular weight is 648 g/mol. The van der Waals surface area contributed by atoms with Crippen molar-refractivity contribution in [1.29, 1.82) is 0 Å². The van der Waals surface area contributed by atoms with Crippen LogP contribution < -0.4 is 15.8 Å². The first kappa shape index (κ1) is 35.0. The molecule has 0 amide bonds. The van der Waals surface area contributed by atoms with Crippen LogP contribution in [0.1, 0.15) is 11.6 Å². The van der Waals surface area contributed by atoms with Crippen LogP contribution in [-0.2, 0) is 14.4 Å². The Morgan fingerprint density at radius 3 is 1.69 bits per heavy atom. The quantitative estimate of drug-likeness (QED) is 0.163. The number of alkyl halides is 9. The van der Waals surface area contributed by atoms with Crippen LogP contribution in [0.25, 0.3) is 0 Å². The number of rotatable bonds is 1. The number of carbonyl (C=O) groups is 3. The summed E-state index contributed by atoms with van der Waals surface area (Å²) in [5.74, 6) is -7.47. The van der Waals surface area contributed by atoms with Crippen LogP contribution in [-0.4, -0.2) is 63.3 Å². The van der Waals surface area contributed by atoms with Gasteiger partial charge in [0, 0.05) is 11.8 Å². The van der Waals surface area contributed by atoms with E-state index in [4.69, 9.17) is 40.2 Å². The molecule has 0 fully saturated rings. The summed E-state index contributed by atoms with van der Waals surface area (Å²) >= 11 is 3.45. The Kier molecular flexibility index (Phi) is 12.8. The number of fused-ring (bicyclic) bond motifs is 1. The third-order valence-corrected chi connectivity index (χ3v) is 4.34. The van der Waals surface area contributed by atoms with Crippen molar-refractivity contribution >= 4 is 45.2 Å². The highest BCUT2D eigenvalue weighted by Gasteiger charge is 2.39. The van der Waals surface area contributed by atoms with Crippen molar-refractivity contribution in [2.24, 2.45) is 0 Å². The summed E-state index contributed by atoms with van der Waals surface area (Å²) in [6.07, 6.45) is -13.5. The summed E-state index contributed by atoms with van der Waals surface area (Å²) in [6.45, 7) is 0.556. The zero-order valence-electron chi connectivity index (χ0n) is 18.5. The predicted octanol–water partition coefficient (Wildman–Crippen LogP) is 4.87. The number of benzene rings is 1. The van der Waals surface area contributed by atoms with E-state index in [1.54, 1.807) is 6.20 Å². The van der Waals surface area contributed by atoms with E-state index in [1.807, 2.05) is 30.3 Å². The Morgan fingerprint density at radius 2 is 1.31 bits per heavy atom. The van der Waals surface area contributed by atoms with Gasteiger partial charge in [0.1, 0.15) is 22.6 Å². The van der Waals surface area contributed by atoms with Crippen molar-refractivity contribution in [3.05, 3.63) is 46.7 Å². The van der Waals surface area contributed by atoms with Crippen LogP contribution in [0, 0.1) is 0 Å². The largest absolute Gasteiger partial charge is 0.490 e. The Labute approximate surface area is 219 Å². The maximum absolute atomic E-state index is 10.6. The first-order valence-corrected chi connectivity index (χ1v) is 10.2. The van der Waals surface area contributed by atoms with E-state index < -0.39 is 36.4 Å². The van der Waals surface area contributed by atoms with Crippen LogP contribution in [0.4, 0.5) is 50.9 Å². The Hall–Kier alpha value is -3.97. The smallest absolute Gasteiger partial charge is 0.489 e. The number of para-hydroxylation sites is 1. The van der Waals surface area contributed by atoms with Crippen molar-refractivity contribution in [3.8, 4) is 5.75 Å². The second-order valence-corrected chi connectivity index (χ2v) is 7.27. The maximum Gasteiger partial charge on any atom is 0.490 e. The third kappa shape index (κ3) is 12.9. The van der Waals surface area contributed by atoms with Gasteiger partial charge in [-0.1, -0.05) is 12.1 Å². The van der Waals surface area contributed by atoms with E-state index >= 15 is 0 Å². The Balaban J connectivity index is 0.000000576. The molecule has 1 aromatic carbocycles. The highest BCUT2D eigenvalue weighted by Crippen LogP contribution is 2.38. The van der Waals surface area contributed by atoms with Crippen LogP contribution in [0.3, 0.4) is 0 Å². The van der Waals surface area contributed by atoms with Crippen molar-refractivity contribution in [2.45, 2.75) is 24.6 Å². The number of nitrogens with one attached hydrogen (secondary N) is 1. The molecule has 20 heteroatoms. The lowest BCUT2D eigenvalue weighted by Crippen LogP contribution is -2.25. The number of nitrogen functional groups attached to an aromatic ring is 1. The Morgan fingerprint density at radius 1 is 0.872 bits per heavy atom. The van der Waals surface area contributed by atoms with Crippen molar-refractivity contribution in [2.75, 3.05) is 17.7 Å². The fourth-order valence-electron chi connectivity index (χ4n) is 2.04. The SMILES string of the molecule is Nc1cccc2c1NC(c1cccnc1Br)CO2.O=C(O)C(F)(F)F.O=C(O)C(F)(F)F.O=C(O)C(F)(F)F. The summed E-state index contributed by atoms with van der Waals surface area (Å²) in [4.78, 5) is 30.9. The van der Waals surface area contributed by atoms with E-state index in [9.17, 15) is 39.5 Å². The molecule has 0 saturated heterocycles. The molecule has 0 spiro atoms. The highest BCUT2D eigenvalue weighted by molar-refractivity contribution is 9.10. The van der Waals surface area contributed by atoms with E-state index in [0.717, 1.165) is 21.6 Å². The first-order valence-electron chi connectivity index (χ1n) is 9.37. The summed E-state index contributed by atoms with van der Waals surface area (Å²) in [5, 5.41) is 24.8. The normalized spacial score (nSPS) is 14.2. The molecule has 39 heavy (non-hydrogen) atoms. The van der Waals surface area contributed by atoms with Crippen molar-refractivity contribution < 1.29 is 74.0 Å². The van der Waals surface area contributed by atoms with Gasteiger partial charge in [-0.05, 0) is 34.1 Å². The van der Waals surface area contributed by atoms with E-state index in [1.165, 1.54) is 0 Å². The third-order valence-electron chi connectivity index (χ3n) is 3.67. The molecule has 0 radical (unpaired) electrons. The standard InChI is InChI=1S/C13H12BrN3O.3C2HF3O2/c14-13-8(3-2-6-16-13)10-7-18-11-5-1-4-9(15)12(11)17-10;3*3-2(4,5)1(6)7/h1-6,10,17H,7,15H2;3*(H,6,7). The lowest BCUT2D eigenvalue weighted by Gasteiger charge is -2.28. The summed E-state index contributed by atoms with van der Waals surface area (Å²) in [7, 11) is 0. The summed E-state index contributed by atoms with van der Waals surface area (Å²) in [6, 6.07) is 9.62. The highest BCUT2D eigenvalue weighted by atomic mass is 79.9. The number of halogens is 10. The first-order chi connectivity index (χ1) is 17.6. The summed E-state index contributed by atoms with van der Waals surface area (Å²) in [5.41, 5.74) is 8.55. The average Bonchev–Trinajstić information content (AvgIpc) is 2.79. The number of carboxylic acid groups (broad SMARTS) is 3. The number of aromatic nitrogens is 1. The molecule has 6 N–H and O–H groups in total. The molecule has 1 aromatic heterocycles. The van der Waals surface area contributed by atoms with Gasteiger partial charge in [-0.3, -0.25) is 0 Å². The molecule has 0 saturated carbocycles. The number of nitrogens with two attached hydrogens (primary N) is 1. The Bertz CT molecular complexity index is 1090. The van der Waals surface area contributed by atoms with Crippen LogP contribution in [0.5, 0.6) is 5.75 Å². The van der Waals surface area contributed by atoms with E-state index in [-0.39, 0.29) is 6.04 Å². The molecule has 3 rings (SSSR count). The van der Waals surface area contributed by atoms with Gasteiger partial charge >= 0.3 is 36.4 Å². The number of nitrogens with zero attached hydrogens (tertiary/aromatic N) is 1. The molecule has 218 valence electrons. The van der Waals surface area contributed by atoms with Gasteiger partial charge in [0.05, 0.1) is 11.7 Å². The molecule has 1 atom stereocenters. The number of ether oxygens (including phenoxy) is 1. The van der Waals surface area contributed by atoms with Gasteiger partial charge < -0.3 is 31.1 Å². The molecular weight excluding hydrogens is 633 g/mol.